The molecule has 0 radical (unpaired) electrons. The van der Waals surface area contributed by atoms with Gasteiger partial charge in [-0.1, -0.05) is 60.2 Å². The summed E-state index contributed by atoms with van der Waals surface area (Å²) >= 11 is 0. The molecule has 4 aromatic rings. The molecule has 5 nitrogen and oxygen atoms in total. The second-order valence-electron chi connectivity index (χ2n) is 7.14. The maximum Gasteiger partial charge on any atom is 0.343 e. The van der Waals surface area contributed by atoms with Crippen LogP contribution >= 0.6 is 0 Å². The molecule has 0 heterocycles. The van der Waals surface area contributed by atoms with Gasteiger partial charge in [0.2, 0.25) is 0 Å². The number of nitrogens with zero attached hydrogens (tertiary/aromatic N) is 1. The molecule has 1 amide bonds. The lowest BCUT2D eigenvalue weighted by atomic mass is 10.0. The molecule has 4 rings (SSSR count). The lowest BCUT2D eigenvalue weighted by Gasteiger charge is -2.11. The highest BCUT2D eigenvalue weighted by Gasteiger charge is 2.14. The number of rotatable bonds is 5. The van der Waals surface area contributed by atoms with Crippen LogP contribution in [0, 0.1) is 12.7 Å². The number of hydrogen-bond acceptors (Lipinski definition) is 4. The number of hydrazone groups is 1. The number of carbonyl (C=O) groups excluding carboxylic acids is 2. The molecule has 0 spiro atoms. The van der Waals surface area contributed by atoms with Crippen molar-refractivity contribution >= 4 is 28.9 Å². The van der Waals surface area contributed by atoms with Crippen molar-refractivity contribution in [2.24, 2.45) is 5.10 Å². The predicted molar refractivity (Wildman–Crippen MR) is 122 cm³/mol. The SMILES string of the molecule is Cc1cccc(C(=O)Oc2ccc3ccccc3c2C=NNC(=O)c2ccccc2F)c1. The highest BCUT2D eigenvalue weighted by Crippen LogP contribution is 2.27. The Bertz CT molecular complexity index is 1350. The number of hydrogen-bond donors (Lipinski definition) is 1. The zero-order chi connectivity index (χ0) is 22.5. The topological polar surface area (TPSA) is 67.8 Å². The summed E-state index contributed by atoms with van der Waals surface area (Å²) in [5.41, 5.74) is 4.08. The van der Waals surface area contributed by atoms with Gasteiger partial charge in [-0.15, -0.1) is 0 Å². The molecule has 0 unspecified atom stereocenters. The minimum atomic E-state index is -0.683. The number of nitrogens with one attached hydrogen (secondary N) is 1. The number of carbonyl (C=O) groups is 2. The van der Waals surface area contributed by atoms with Gasteiger partial charge >= 0.3 is 5.97 Å². The van der Waals surface area contributed by atoms with Crippen LogP contribution in [0.1, 0.15) is 31.8 Å². The van der Waals surface area contributed by atoms with Crippen molar-refractivity contribution < 1.29 is 18.7 Å². The van der Waals surface area contributed by atoms with Crippen molar-refractivity contribution in [1.82, 2.24) is 5.43 Å². The normalized spacial score (nSPS) is 10.9. The van der Waals surface area contributed by atoms with Gasteiger partial charge in [0.05, 0.1) is 17.3 Å². The smallest absolute Gasteiger partial charge is 0.343 e. The molecular formula is C26H19FN2O3. The van der Waals surface area contributed by atoms with Crippen molar-refractivity contribution in [3.63, 3.8) is 0 Å². The maximum absolute atomic E-state index is 13.8. The number of fused-ring (bicyclic) bond motifs is 1. The number of halogens is 1. The largest absolute Gasteiger partial charge is 0.422 e. The van der Waals surface area contributed by atoms with Crippen LogP contribution in [-0.4, -0.2) is 18.1 Å². The number of ether oxygens (including phenoxy) is 1. The van der Waals surface area contributed by atoms with E-state index in [1.54, 1.807) is 30.3 Å². The lowest BCUT2D eigenvalue weighted by molar-refractivity contribution is 0.0734. The monoisotopic (exact) mass is 426 g/mol. The fourth-order valence-electron chi connectivity index (χ4n) is 3.29. The van der Waals surface area contributed by atoms with Crippen LogP contribution in [0.25, 0.3) is 10.8 Å². The Hall–Kier alpha value is -4.32. The van der Waals surface area contributed by atoms with Crippen LogP contribution in [-0.2, 0) is 0 Å². The first-order valence-electron chi connectivity index (χ1n) is 9.91. The van der Waals surface area contributed by atoms with Crippen molar-refractivity contribution in [3.8, 4) is 5.75 Å². The van der Waals surface area contributed by atoms with E-state index in [1.165, 1.54) is 24.4 Å². The molecule has 1 N–H and O–H groups in total. The van der Waals surface area contributed by atoms with E-state index in [4.69, 9.17) is 4.74 Å². The van der Waals surface area contributed by atoms with Gasteiger partial charge in [-0.2, -0.15) is 5.10 Å². The summed E-state index contributed by atoms with van der Waals surface area (Å²) in [4.78, 5) is 24.9. The summed E-state index contributed by atoms with van der Waals surface area (Å²) < 4.78 is 19.5. The molecular weight excluding hydrogens is 407 g/mol. The molecule has 0 aliphatic rings. The van der Waals surface area contributed by atoms with E-state index in [0.717, 1.165) is 16.3 Å². The van der Waals surface area contributed by atoms with Crippen LogP contribution in [0.5, 0.6) is 5.75 Å². The van der Waals surface area contributed by atoms with E-state index < -0.39 is 17.7 Å². The molecule has 4 aromatic carbocycles. The average Bonchev–Trinajstić information content (AvgIpc) is 2.80. The third-order valence-electron chi connectivity index (χ3n) is 4.87. The Morgan fingerprint density at radius 3 is 2.53 bits per heavy atom. The van der Waals surface area contributed by atoms with Gasteiger partial charge in [0.25, 0.3) is 5.91 Å². The first kappa shape index (κ1) is 20.9. The standard InChI is InChI=1S/C26H19FN2O3/c1-17-7-6-9-19(15-17)26(31)32-24-14-13-18-8-2-3-10-20(18)22(24)16-28-29-25(30)21-11-4-5-12-23(21)27/h2-16H,1H3,(H,29,30). The Kier molecular flexibility index (Phi) is 6.03. The number of amides is 1. The fraction of sp³-hybridized carbons (Fsp3) is 0.0385. The molecule has 6 heteroatoms. The van der Waals surface area contributed by atoms with Gasteiger partial charge < -0.3 is 4.74 Å². The number of aryl methyl sites for hydroxylation is 1. The molecule has 32 heavy (non-hydrogen) atoms. The van der Waals surface area contributed by atoms with Gasteiger partial charge in [-0.3, -0.25) is 4.79 Å². The quantitative estimate of drug-likeness (QED) is 0.205. The van der Waals surface area contributed by atoms with Crippen molar-refractivity contribution in [2.45, 2.75) is 6.92 Å². The lowest BCUT2D eigenvalue weighted by Crippen LogP contribution is -2.19. The van der Waals surface area contributed by atoms with E-state index >= 15 is 0 Å². The second-order valence-corrected chi connectivity index (χ2v) is 7.14. The molecule has 0 bridgehead atoms. The van der Waals surface area contributed by atoms with E-state index in [1.807, 2.05) is 43.3 Å². The van der Waals surface area contributed by atoms with Gasteiger partial charge in [0.15, 0.2) is 0 Å². The van der Waals surface area contributed by atoms with E-state index in [0.29, 0.717) is 16.9 Å². The average molecular weight is 426 g/mol. The molecule has 158 valence electrons. The molecule has 0 saturated carbocycles. The van der Waals surface area contributed by atoms with Crippen LogP contribution in [0.15, 0.2) is 90.0 Å². The fourth-order valence-corrected chi connectivity index (χ4v) is 3.29. The van der Waals surface area contributed by atoms with Crippen LogP contribution in [0.2, 0.25) is 0 Å². The third-order valence-corrected chi connectivity index (χ3v) is 4.87. The van der Waals surface area contributed by atoms with Gasteiger partial charge in [-0.25, -0.2) is 14.6 Å². The Morgan fingerprint density at radius 1 is 0.938 bits per heavy atom. The highest BCUT2D eigenvalue weighted by molar-refractivity contribution is 6.04. The first-order valence-corrected chi connectivity index (χ1v) is 9.91. The zero-order valence-electron chi connectivity index (χ0n) is 17.2. The van der Waals surface area contributed by atoms with Gasteiger partial charge in [0, 0.05) is 5.56 Å². The van der Waals surface area contributed by atoms with Crippen LogP contribution in [0.4, 0.5) is 4.39 Å². The summed E-state index contributed by atoms with van der Waals surface area (Å²) in [6, 6.07) is 23.8. The molecule has 0 fully saturated rings. The highest BCUT2D eigenvalue weighted by atomic mass is 19.1. The summed E-state index contributed by atoms with van der Waals surface area (Å²) in [7, 11) is 0. The molecule has 0 atom stereocenters. The van der Waals surface area contributed by atoms with Crippen molar-refractivity contribution in [1.29, 1.82) is 0 Å². The minimum absolute atomic E-state index is 0.117. The van der Waals surface area contributed by atoms with E-state index in [9.17, 15) is 14.0 Å². The molecule has 0 aliphatic carbocycles. The summed E-state index contributed by atoms with van der Waals surface area (Å²) in [6.45, 7) is 1.89. The second kappa shape index (κ2) is 9.22. The van der Waals surface area contributed by atoms with E-state index in [2.05, 4.69) is 10.5 Å². The summed E-state index contributed by atoms with van der Waals surface area (Å²) in [5, 5.41) is 5.67. The Balaban J connectivity index is 1.64. The van der Waals surface area contributed by atoms with Crippen molar-refractivity contribution in [3.05, 3.63) is 113 Å². The van der Waals surface area contributed by atoms with Crippen LogP contribution < -0.4 is 10.2 Å². The zero-order valence-corrected chi connectivity index (χ0v) is 17.2. The third kappa shape index (κ3) is 4.54. The molecule has 0 saturated heterocycles. The molecule has 0 aliphatic heterocycles. The summed E-state index contributed by atoms with van der Waals surface area (Å²) in [6.07, 6.45) is 1.39. The predicted octanol–water partition coefficient (Wildman–Crippen LogP) is 5.27. The minimum Gasteiger partial charge on any atom is -0.422 e. The van der Waals surface area contributed by atoms with Gasteiger partial charge in [0.1, 0.15) is 11.6 Å². The summed E-state index contributed by atoms with van der Waals surface area (Å²) in [5.74, 6) is -1.54. The Morgan fingerprint density at radius 2 is 1.72 bits per heavy atom. The maximum atomic E-state index is 13.8. The van der Waals surface area contributed by atoms with Gasteiger partial charge in [-0.05, 0) is 48.0 Å². The number of benzene rings is 4. The van der Waals surface area contributed by atoms with E-state index in [-0.39, 0.29) is 5.56 Å². The Labute approximate surface area is 184 Å². The molecule has 0 aromatic heterocycles. The van der Waals surface area contributed by atoms with Crippen LogP contribution in [0.3, 0.4) is 0 Å². The first-order chi connectivity index (χ1) is 15.5. The number of esters is 1. The van der Waals surface area contributed by atoms with Crippen molar-refractivity contribution in [2.75, 3.05) is 0 Å².